The average molecular weight is 153 g/mol. The molecule has 0 aromatic carbocycles. The van der Waals surface area contributed by atoms with Crippen molar-refractivity contribution >= 4 is 6.29 Å². The zero-order valence-corrected chi connectivity index (χ0v) is 6.97. The van der Waals surface area contributed by atoms with Gasteiger partial charge in [0.2, 0.25) is 0 Å². The lowest BCUT2D eigenvalue weighted by molar-refractivity contribution is -0.133. The van der Waals surface area contributed by atoms with E-state index in [0.29, 0.717) is 17.4 Å². The van der Waals surface area contributed by atoms with Crippen molar-refractivity contribution in [2.24, 2.45) is 11.3 Å². The van der Waals surface area contributed by atoms with Gasteiger partial charge in [-0.15, -0.1) is 0 Å². The maximum Gasteiger partial charge on any atom is 0.123 e. The number of rotatable bonds is 2. The summed E-state index contributed by atoms with van der Waals surface area (Å²) in [6.07, 6.45) is 6.08. The summed E-state index contributed by atoms with van der Waals surface area (Å²) in [5.74, 6) is 0.369. The monoisotopic (exact) mass is 153 g/mol. The van der Waals surface area contributed by atoms with E-state index in [9.17, 15) is 4.79 Å². The first-order valence-corrected chi connectivity index (χ1v) is 4.46. The van der Waals surface area contributed by atoms with E-state index in [1.54, 1.807) is 0 Å². The highest BCUT2D eigenvalue weighted by Gasteiger charge is 2.56. The van der Waals surface area contributed by atoms with Crippen molar-refractivity contribution in [3.8, 4) is 0 Å². The van der Waals surface area contributed by atoms with Crippen LogP contribution in [0.1, 0.15) is 25.7 Å². The summed E-state index contributed by atoms with van der Waals surface area (Å²) in [7, 11) is 2.01. The molecule has 3 unspecified atom stereocenters. The fraction of sp³-hybridized carbons (Fsp3) is 0.889. The Morgan fingerprint density at radius 3 is 2.45 bits per heavy atom. The lowest BCUT2D eigenvalue weighted by Crippen LogP contribution is -2.61. The quantitative estimate of drug-likeness (QED) is 0.599. The molecule has 0 aromatic rings. The van der Waals surface area contributed by atoms with E-state index in [1.165, 1.54) is 19.3 Å². The molecule has 1 spiro atoms. The first-order chi connectivity index (χ1) is 5.33. The summed E-state index contributed by atoms with van der Waals surface area (Å²) in [5.41, 5.74) is 0.399. The molecule has 0 heterocycles. The molecule has 2 rings (SSSR count). The second-order valence-electron chi connectivity index (χ2n) is 3.89. The Bertz CT molecular complexity index is 174. The van der Waals surface area contributed by atoms with Gasteiger partial charge in [-0.1, -0.05) is 0 Å². The standard InChI is InChI=1S/C9H15NO/c1-10-8-3-5-9(8)4-2-7(9)6-11/h6-8,10H,2-5H2,1H3. The van der Waals surface area contributed by atoms with Gasteiger partial charge < -0.3 is 10.1 Å². The molecule has 0 bridgehead atoms. The van der Waals surface area contributed by atoms with E-state index in [-0.39, 0.29) is 0 Å². The summed E-state index contributed by atoms with van der Waals surface area (Å²) >= 11 is 0. The Morgan fingerprint density at radius 2 is 2.18 bits per heavy atom. The van der Waals surface area contributed by atoms with E-state index >= 15 is 0 Å². The van der Waals surface area contributed by atoms with Gasteiger partial charge in [-0.3, -0.25) is 0 Å². The zero-order valence-electron chi connectivity index (χ0n) is 6.97. The first kappa shape index (κ1) is 7.29. The molecule has 2 nitrogen and oxygen atoms in total. The van der Waals surface area contributed by atoms with Crippen LogP contribution >= 0.6 is 0 Å². The van der Waals surface area contributed by atoms with Crippen LogP contribution in [0.5, 0.6) is 0 Å². The molecule has 2 heteroatoms. The maximum atomic E-state index is 10.6. The highest BCUT2D eigenvalue weighted by atomic mass is 16.1. The summed E-state index contributed by atoms with van der Waals surface area (Å²) in [6.45, 7) is 0. The molecule has 0 aromatic heterocycles. The normalized spacial score (nSPS) is 48.1. The molecule has 62 valence electrons. The van der Waals surface area contributed by atoms with Crippen molar-refractivity contribution in [2.45, 2.75) is 31.7 Å². The lowest BCUT2D eigenvalue weighted by atomic mass is 9.47. The van der Waals surface area contributed by atoms with Crippen LogP contribution in [0.3, 0.4) is 0 Å². The van der Waals surface area contributed by atoms with Gasteiger partial charge >= 0.3 is 0 Å². The molecular weight excluding hydrogens is 138 g/mol. The van der Waals surface area contributed by atoms with E-state index in [1.807, 2.05) is 7.05 Å². The average Bonchev–Trinajstić information content (AvgIpc) is 1.85. The van der Waals surface area contributed by atoms with Crippen molar-refractivity contribution < 1.29 is 4.79 Å². The van der Waals surface area contributed by atoms with E-state index in [4.69, 9.17) is 0 Å². The van der Waals surface area contributed by atoms with Crippen molar-refractivity contribution in [1.82, 2.24) is 5.32 Å². The second-order valence-corrected chi connectivity index (χ2v) is 3.89. The third-order valence-corrected chi connectivity index (χ3v) is 3.76. The predicted molar refractivity (Wildman–Crippen MR) is 43.3 cm³/mol. The van der Waals surface area contributed by atoms with Crippen molar-refractivity contribution in [2.75, 3.05) is 7.05 Å². The smallest absolute Gasteiger partial charge is 0.123 e. The molecule has 2 aliphatic rings. The number of aldehydes is 1. The first-order valence-electron chi connectivity index (χ1n) is 4.46. The number of hydrogen-bond acceptors (Lipinski definition) is 2. The minimum atomic E-state index is 0.369. The summed E-state index contributed by atoms with van der Waals surface area (Å²) in [4.78, 5) is 10.6. The SMILES string of the molecule is CNC1CCC12CCC2C=O. The molecule has 0 amide bonds. The number of hydrogen-bond donors (Lipinski definition) is 1. The van der Waals surface area contributed by atoms with E-state index in [0.717, 1.165) is 12.7 Å². The fourth-order valence-corrected chi connectivity index (χ4v) is 2.72. The van der Waals surface area contributed by atoms with Gasteiger partial charge in [-0.25, -0.2) is 0 Å². The van der Waals surface area contributed by atoms with Crippen LogP contribution in [-0.4, -0.2) is 19.4 Å². The summed E-state index contributed by atoms with van der Waals surface area (Å²) in [5, 5.41) is 3.30. The Labute approximate surface area is 67.4 Å². The molecule has 11 heavy (non-hydrogen) atoms. The van der Waals surface area contributed by atoms with Crippen LogP contribution in [0.25, 0.3) is 0 Å². The van der Waals surface area contributed by atoms with Crippen LogP contribution in [0.2, 0.25) is 0 Å². The van der Waals surface area contributed by atoms with Gasteiger partial charge in [0, 0.05) is 12.0 Å². The topological polar surface area (TPSA) is 29.1 Å². The molecule has 1 N–H and O–H groups in total. The maximum absolute atomic E-state index is 10.6. The summed E-state index contributed by atoms with van der Waals surface area (Å²) < 4.78 is 0. The fourth-order valence-electron chi connectivity index (χ4n) is 2.72. The van der Waals surface area contributed by atoms with Gasteiger partial charge in [0.05, 0.1) is 0 Å². The van der Waals surface area contributed by atoms with Crippen LogP contribution < -0.4 is 5.32 Å². The van der Waals surface area contributed by atoms with Crippen molar-refractivity contribution in [3.63, 3.8) is 0 Å². The number of nitrogens with one attached hydrogen (secondary N) is 1. The van der Waals surface area contributed by atoms with Crippen LogP contribution in [0, 0.1) is 11.3 Å². The molecule has 0 aliphatic heterocycles. The van der Waals surface area contributed by atoms with Crippen molar-refractivity contribution in [3.05, 3.63) is 0 Å². The third kappa shape index (κ3) is 0.734. The molecule has 3 atom stereocenters. The van der Waals surface area contributed by atoms with Crippen molar-refractivity contribution in [1.29, 1.82) is 0 Å². The molecule has 2 saturated carbocycles. The van der Waals surface area contributed by atoms with E-state index < -0.39 is 0 Å². The molecule has 2 fully saturated rings. The number of carbonyl (C=O) groups is 1. The Morgan fingerprint density at radius 1 is 1.45 bits per heavy atom. The number of carbonyl (C=O) groups excluding carboxylic acids is 1. The Hall–Kier alpha value is -0.370. The largest absolute Gasteiger partial charge is 0.316 e. The van der Waals surface area contributed by atoms with Crippen LogP contribution in [0.4, 0.5) is 0 Å². The summed E-state index contributed by atoms with van der Waals surface area (Å²) in [6, 6.07) is 0.631. The molecule has 2 aliphatic carbocycles. The van der Waals surface area contributed by atoms with Gasteiger partial charge in [-0.05, 0) is 38.1 Å². The highest BCUT2D eigenvalue weighted by molar-refractivity contribution is 5.58. The highest BCUT2D eigenvalue weighted by Crippen LogP contribution is 2.58. The van der Waals surface area contributed by atoms with Gasteiger partial charge in [0.25, 0.3) is 0 Å². The zero-order chi connectivity index (χ0) is 7.90. The van der Waals surface area contributed by atoms with Gasteiger partial charge in [0.1, 0.15) is 6.29 Å². The second kappa shape index (κ2) is 2.31. The Kier molecular flexibility index (Phi) is 1.53. The molecular formula is C9H15NO. The van der Waals surface area contributed by atoms with Gasteiger partial charge in [-0.2, -0.15) is 0 Å². The minimum absolute atomic E-state index is 0.369. The lowest BCUT2D eigenvalue weighted by Gasteiger charge is -2.59. The van der Waals surface area contributed by atoms with Crippen LogP contribution in [0.15, 0.2) is 0 Å². The van der Waals surface area contributed by atoms with Crippen LogP contribution in [-0.2, 0) is 4.79 Å². The third-order valence-electron chi connectivity index (χ3n) is 3.76. The molecule has 0 saturated heterocycles. The van der Waals surface area contributed by atoms with Gasteiger partial charge in [0.15, 0.2) is 0 Å². The minimum Gasteiger partial charge on any atom is -0.316 e. The van der Waals surface area contributed by atoms with E-state index in [2.05, 4.69) is 5.32 Å². The predicted octanol–water partition coefficient (Wildman–Crippen LogP) is 0.963. The Balaban J connectivity index is 2.05. The molecule has 0 radical (unpaired) electrons.